The molecule has 0 saturated heterocycles. The molecule has 3 aromatic rings. The summed E-state index contributed by atoms with van der Waals surface area (Å²) >= 11 is 0. The molecule has 0 fully saturated rings. The van der Waals surface area contributed by atoms with Gasteiger partial charge in [-0.05, 0) is 18.6 Å². The maximum absolute atomic E-state index is 13.5. The van der Waals surface area contributed by atoms with Crippen LogP contribution in [0.4, 0.5) is 17.1 Å². The molecule has 4 rings (SSSR count). The van der Waals surface area contributed by atoms with Gasteiger partial charge in [0.2, 0.25) is 5.75 Å². The van der Waals surface area contributed by atoms with E-state index in [1.54, 1.807) is 17.7 Å². The first-order chi connectivity index (χ1) is 21.5. The molecule has 1 aliphatic rings. The van der Waals surface area contributed by atoms with Crippen LogP contribution in [0.1, 0.15) is 18.4 Å². The highest BCUT2D eigenvalue weighted by molar-refractivity contribution is 6.04. The van der Waals surface area contributed by atoms with Crippen LogP contribution < -0.4 is 10.2 Å². The minimum absolute atomic E-state index is 0.0159. The van der Waals surface area contributed by atoms with E-state index in [9.17, 15) is 39.9 Å². The average Bonchev–Trinajstić information content (AvgIpc) is 3.53. The number of nitrogens with one attached hydrogen (secondary N) is 1. The number of carbonyl (C=O) groups is 2. The molecule has 0 saturated carbocycles. The van der Waals surface area contributed by atoms with Crippen molar-refractivity contribution in [2.75, 3.05) is 13.7 Å². The largest absolute Gasteiger partial charge is 0.466 e. The summed E-state index contributed by atoms with van der Waals surface area (Å²) in [5.74, 6) is -3.51. The number of nitro benzene ring substituents is 3. The molecular weight excluding hydrogens is 598 g/mol. The van der Waals surface area contributed by atoms with Gasteiger partial charge in [0.15, 0.2) is 0 Å². The second-order valence-corrected chi connectivity index (χ2v) is 9.07. The normalized spacial score (nSPS) is 14.6. The van der Waals surface area contributed by atoms with E-state index in [-0.39, 0.29) is 46.9 Å². The Morgan fingerprint density at radius 2 is 1.76 bits per heavy atom. The topological polar surface area (TPSA) is 233 Å². The SMILES string of the molecule is CCOC(=O)C1=C(C=NOc2ccc([N+](=O)[O-])cc2[N+](=O)[O-])NC(Cn2ccnc2)=C(C(=O)OC)C1c1cccc([N+](=O)[O-])c1. The number of non-ortho nitro benzene ring substituents is 2. The smallest absolute Gasteiger partial charge is 0.337 e. The fourth-order valence-corrected chi connectivity index (χ4v) is 4.47. The third-order valence-corrected chi connectivity index (χ3v) is 6.38. The molecule has 45 heavy (non-hydrogen) atoms. The van der Waals surface area contributed by atoms with Crippen LogP contribution in [0.2, 0.25) is 0 Å². The number of benzene rings is 2. The van der Waals surface area contributed by atoms with Crippen molar-refractivity contribution in [1.82, 2.24) is 14.9 Å². The van der Waals surface area contributed by atoms with Gasteiger partial charge in [-0.1, -0.05) is 17.3 Å². The Labute approximate surface area is 252 Å². The Morgan fingerprint density at radius 3 is 2.38 bits per heavy atom. The number of aromatic nitrogens is 2. The number of esters is 2. The van der Waals surface area contributed by atoms with Gasteiger partial charge in [0.1, 0.15) is 0 Å². The number of hydrogen-bond donors (Lipinski definition) is 1. The second-order valence-electron chi connectivity index (χ2n) is 9.07. The summed E-state index contributed by atoms with van der Waals surface area (Å²) in [5, 5.41) is 41.0. The minimum Gasteiger partial charge on any atom is -0.466 e. The molecular formula is C27H23N7O11. The molecule has 0 amide bonds. The predicted octanol–water partition coefficient (Wildman–Crippen LogP) is 3.30. The first kappa shape index (κ1) is 31.5. The molecule has 1 unspecified atom stereocenters. The maximum atomic E-state index is 13.5. The van der Waals surface area contributed by atoms with Crippen molar-refractivity contribution in [1.29, 1.82) is 0 Å². The van der Waals surface area contributed by atoms with E-state index in [1.165, 1.54) is 36.8 Å². The Morgan fingerprint density at radius 1 is 1.02 bits per heavy atom. The lowest BCUT2D eigenvalue weighted by molar-refractivity contribution is -0.394. The van der Waals surface area contributed by atoms with Crippen molar-refractivity contribution in [3.05, 3.63) is 120 Å². The molecule has 1 atom stereocenters. The molecule has 0 bridgehead atoms. The van der Waals surface area contributed by atoms with Crippen LogP contribution in [0.5, 0.6) is 5.75 Å². The van der Waals surface area contributed by atoms with Gasteiger partial charge in [-0.15, -0.1) is 0 Å². The number of oxime groups is 1. The maximum Gasteiger partial charge on any atom is 0.337 e. The Bertz CT molecular complexity index is 1760. The van der Waals surface area contributed by atoms with Gasteiger partial charge in [0.25, 0.3) is 11.4 Å². The molecule has 18 heteroatoms. The van der Waals surface area contributed by atoms with Crippen molar-refractivity contribution in [2.45, 2.75) is 19.4 Å². The van der Waals surface area contributed by atoms with Gasteiger partial charge in [-0.3, -0.25) is 30.3 Å². The van der Waals surface area contributed by atoms with E-state index in [0.29, 0.717) is 6.07 Å². The molecule has 0 aliphatic carbocycles. The van der Waals surface area contributed by atoms with Crippen LogP contribution in [0.15, 0.2) is 88.9 Å². The number of allylic oxidation sites excluding steroid dienone is 2. The highest BCUT2D eigenvalue weighted by Gasteiger charge is 2.40. The Kier molecular flexibility index (Phi) is 9.57. The van der Waals surface area contributed by atoms with Crippen LogP contribution >= 0.6 is 0 Å². The summed E-state index contributed by atoms with van der Waals surface area (Å²) in [6.45, 7) is 1.44. The number of carbonyl (C=O) groups excluding carboxylic acids is 2. The number of nitrogens with zero attached hydrogens (tertiary/aromatic N) is 6. The molecule has 1 aliphatic heterocycles. The van der Waals surface area contributed by atoms with Crippen molar-refractivity contribution < 1.29 is 38.7 Å². The van der Waals surface area contributed by atoms with E-state index in [0.717, 1.165) is 25.5 Å². The summed E-state index contributed by atoms with van der Waals surface area (Å²) < 4.78 is 11.9. The number of methoxy groups -OCH3 is 1. The third-order valence-electron chi connectivity index (χ3n) is 6.38. The first-order valence-electron chi connectivity index (χ1n) is 12.9. The van der Waals surface area contributed by atoms with E-state index in [4.69, 9.17) is 14.3 Å². The summed E-state index contributed by atoms with van der Waals surface area (Å²) in [7, 11) is 1.13. The van der Waals surface area contributed by atoms with Crippen LogP contribution in [0.25, 0.3) is 0 Å². The quantitative estimate of drug-likeness (QED) is 0.132. The lowest BCUT2D eigenvalue weighted by Gasteiger charge is -2.31. The molecule has 2 aromatic carbocycles. The van der Waals surface area contributed by atoms with Gasteiger partial charge in [0, 0.05) is 36.3 Å². The molecule has 0 spiro atoms. The summed E-state index contributed by atoms with van der Waals surface area (Å²) in [5.41, 5.74) is -1.64. The number of nitro groups is 3. The number of rotatable bonds is 12. The Hall–Kier alpha value is -6.46. The fraction of sp³-hybridized carbons (Fsp3) is 0.185. The molecule has 1 aromatic heterocycles. The summed E-state index contributed by atoms with van der Waals surface area (Å²) in [6, 6.07) is 7.94. The van der Waals surface area contributed by atoms with Crippen LogP contribution in [-0.2, 0) is 25.6 Å². The highest BCUT2D eigenvalue weighted by atomic mass is 16.7. The monoisotopic (exact) mass is 621 g/mol. The van der Waals surface area contributed by atoms with Crippen LogP contribution in [-0.4, -0.2) is 56.2 Å². The van der Waals surface area contributed by atoms with Gasteiger partial charge in [-0.25, -0.2) is 14.6 Å². The Balaban J connectivity index is 1.91. The van der Waals surface area contributed by atoms with Crippen molar-refractivity contribution in [3.8, 4) is 5.75 Å². The molecule has 18 nitrogen and oxygen atoms in total. The molecule has 2 heterocycles. The fourth-order valence-electron chi connectivity index (χ4n) is 4.47. The standard InChI is InChI=1S/C27H23N7O11/c1-3-44-27(36)24-19(13-29-45-22-8-7-18(33(39)40)12-21(22)34(41)42)30-20(14-31-10-9-28-15-31)25(26(35)43-2)23(24)16-5-4-6-17(11-16)32(37)38/h4-13,15,23,30H,3,14H2,1-2H3. The van der Waals surface area contributed by atoms with Gasteiger partial charge < -0.3 is 24.2 Å². The van der Waals surface area contributed by atoms with Gasteiger partial charge >= 0.3 is 17.6 Å². The van der Waals surface area contributed by atoms with Crippen LogP contribution in [0, 0.1) is 30.3 Å². The van der Waals surface area contributed by atoms with E-state index in [1.807, 2.05) is 0 Å². The van der Waals surface area contributed by atoms with Gasteiger partial charge in [0.05, 0.1) is 76.4 Å². The van der Waals surface area contributed by atoms with E-state index >= 15 is 0 Å². The van der Waals surface area contributed by atoms with Crippen LogP contribution in [0.3, 0.4) is 0 Å². The van der Waals surface area contributed by atoms with E-state index < -0.39 is 49.8 Å². The third kappa shape index (κ3) is 6.96. The number of hydrogen-bond acceptors (Lipinski definition) is 14. The number of ether oxygens (including phenoxy) is 2. The van der Waals surface area contributed by atoms with Gasteiger partial charge in [-0.2, -0.15) is 0 Å². The highest BCUT2D eigenvalue weighted by Crippen LogP contribution is 2.40. The zero-order chi connectivity index (χ0) is 32.7. The number of imidazole rings is 1. The molecule has 0 radical (unpaired) electrons. The number of dihydropyridines is 1. The average molecular weight is 622 g/mol. The lowest BCUT2D eigenvalue weighted by Crippen LogP contribution is -2.35. The molecule has 232 valence electrons. The lowest BCUT2D eigenvalue weighted by atomic mass is 9.80. The zero-order valence-corrected chi connectivity index (χ0v) is 23.5. The van der Waals surface area contributed by atoms with Crippen molar-refractivity contribution in [3.63, 3.8) is 0 Å². The summed E-state index contributed by atoms with van der Waals surface area (Å²) in [6.07, 6.45) is 5.54. The second kappa shape index (κ2) is 13.7. The summed E-state index contributed by atoms with van der Waals surface area (Å²) in [4.78, 5) is 67.9. The van der Waals surface area contributed by atoms with Crippen molar-refractivity contribution >= 4 is 35.2 Å². The van der Waals surface area contributed by atoms with E-state index in [2.05, 4.69) is 15.5 Å². The van der Waals surface area contributed by atoms with Crippen molar-refractivity contribution in [2.24, 2.45) is 5.16 Å². The minimum atomic E-state index is -1.29. The zero-order valence-electron chi connectivity index (χ0n) is 23.5. The first-order valence-corrected chi connectivity index (χ1v) is 12.9. The molecule has 1 N–H and O–H groups in total. The predicted molar refractivity (Wildman–Crippen MR) is 153 cm³/mol.